The SMILES string of the molecule is CCOc1ccc(SCC(=O)NCCCN2CCCCC2)cc1. The first-order valence-corrected chi connectivity index (χ1v) is 9.61. The van der Waals surface area contributed by atoms with Crippen LogP contribution in [0.5, 0.6) is 5.75 Å². The van der Waals surface area contributed by atoms with Gasteiger partial charge in [-0.1, -0.05) is 6.42 Å². The number of hydrogen-bond donors (Lipinski definition) is 1. The van der Waals surface area contributed by atoms with Gasteiger partial charge in [0, 0.05) is 11.4 Å². The lowest BCUT2D eigenvalue weighted by atomic mass is 10.1. The molecule has 0 aliphatic carbocycles. The average Bonchev–Trinajstić information content (AvgIpc) is 2.59. The van der Waals surface area contributed by atoms with Crippen LogP contribution >= 0.6 is 11.8 Å². The number of ether oxygens (including phenoxy) is 1. The van der Waals surface area contributed by atoms with E-state index in [0.717, 1.165) is 30.2 Å². The first kappa shape index (κ1) is 18.1. The molecule has 0 bridgehead atoms. The third-order valence-corrected chi connectivity index (χ3v) is 4.94. The predicted molar refractivity (Wildman–Crippen MR) is 96.3 cm³/mol. The number of rotatable bonds is 9. The van der Waals surface area contributed by atoms with Crippen LogP contribution in [0.2, 0.25) is 0 Å². The van der Waals surface area contributed by atoms with Gasteiger partial charge in [-0.15, -0.1) is 11.8 Å². The summed E-state index contributed by atoms with van der Waals surface area (Å²) < 4.78 is 5.41. The third-order valence-electron chi connectivity index (χ3n) is 3.93. The lowest BCUT2D eigenvalue weighted by molar-refractivity contribution is -0.118. The predicted octanol–water partition coefficient (Wildman–Crippen LogP) is 3.17. The summed E-state index contributed by atoms with van der Waals surface area (Å²) in [7, 11) is 0. The van der Waals surface area contributed by atoms with Gasteiger partial charge in [0.1, 0.15) is 5.75 Å². The molecule has 1 aliphatic heterocycles. The Morgan fingerprint density at radius 1 is 1.22 bits per heavy atom. The zero-order valence-corrected chi connectivity index (χ0v) is 14.9. The molecule has 0 aromatic heterocycles. The van der Waals surface area contributed by atoms with Crippen molar-refractivity contribution in [3.63, 3.8) is 0 Å². The van der Waals surface area contributed by atoms with Gasteiger partial charge in [0.15, 0.2) is 0 Å². The van der Waals surface area contributed by atoms with Gasteiger partial charge < -0.3 is 15.0 Å². The Bertz CT molecular complexity index is 459. The molecule has 0 atom stereocenters. The number of likely N-dealkylation sites (tertiary alicyclic amines) is 1. The van der Waals surface area contributed by atoms with Crippen molar-refractivity contribution in [1.29, 1.82) is 0 Å². The van der Waals surface area contributed by atoms with E-state index in [1.165, 1.54) is 32.4 Å². The first-order chi connectivity index (χ1) is 11.3. The molecule has 1 heterocycles. The van der Waals surface area contributed by atoms with E-state index in [2.05, 4.69) is 10.2 Å². The molecule has 128 valence electrons. The van der Waals surface area contributed by atoms with Crippen LogP contribution < -0.4 is 10.1 Å². The summed E-state index contributed by atoms with van der Waals surface area (Å²) in [6.45, 7) is 6.97. The molecule has 1 aliphatic rings. The van der Waals surface area contributed by atoms with E-state index in [4.69, 9.17) is 4.74 Å². The molecule has 1 saturated heterocycles. The molecule has 1 fully saturated rings. The van der Waals surface area contributed by atoms with Crippen molar-refractivity contribution in [2.75, 3.05) is 38.5 Å². The largest absolute Gasteiger partial charge is 0.494 e. The van der Waals surface area contributed by atoms with Gasteiger partial charge >= 0.3 is 0 Å². The topological polar surface area (TPSA) is 41.6 Å². The van der Waals surface area contributed by atoms with E-state index < -0.39 is 0 Å². The average molecular weight is 337 g/mol. The van der Waals surface area contributed by atoms with Crippen molar-refractivity contribution >= 4 is 17.7 Å². The number of carbonyl (C=O) groups is 1. The summed E-state index contributed by atoms with van der Waals surface area (Å²) in [4.78, 5) is 15.5. The Morgan fingerprint density at radius 2 is 1.96 bits per heavy atom. The smallest absolute Gasteiger partial charge is 0.230 e. The van der Waals surface area contributed by atoms with Crippen molar-refractivity contribution < 1.29 is 9.53 Å². The van der Waals surface area contributed by atoms with Crippen molar-refractivity contribution in [1.82, 2.24) is 10.2 Å². The Balaban J connectivity index is 1.55. The number of carbonyl (C=O) groups excluding carboxylic acids is 1. The van der Waals surface area contributed by atoms with Gasteiger partial charge in [-0.25, -0.2) is 0 Å². The van der Waals surface area contributed by atoms with Gasteiger partial charge in [0.25, 0.3) is 0 Å². The van der Waals surface area contributed by atoms with Crippen molar-refractivity contribution in [3.8, 4) is 5.75 Å². The normalized spacial score (nSPS) is 15.3. The summed E-state index contributed by atoms with van der Waals surface area (Å²) in [5.41, 5.74) is 0. The minimum absolute atomic E-state index is 0.113. The monoisotopic (exact) mass is 336 g/mol. The second-order valence-corrected chi connectivity index (χ2v) is 6.85. The summed E-state index contributed by atoms with van der Waals surface area (Å²) in [6.07, 6.45) is 5.06. The van der Waals surface area contributed by atoms with E-state index in [-0.39, 0.29) is 5.91 Å². The van der Waals surface area contributed by atoms with Crippen LogP contribution in [0.1, 0.15) is 32.6 Å². The Kier molecular flexibility index (Phi) is 8.32. The van der Waals surface area contributed by atoms with Crippen LogP contribution in [0.25, 0.3) is 0 Å². The van der Waals surface area contributed by atoms with Crippen LogP contribution in [0.15, 0.2) is 29.2 Å². The number of benzene rings is 1. The maximum Gasteiger partial charge on any atom is 0.230 e. The van der Waals surface area contributed by atoms with Crippen LogP contribution in [-0.2, 0) is 4.79 Å². The quantitative estimate of drug-likeness (QED) is 0.555. The summed E-state index contributed by atoms with van der Waals surface area (Å²) in [5.74, 6) is 1.46. The van der Waals surface area contributed by atoms with Crippen LogP contribution in [0, 0.1) is 0 Å². The van der Waals surface area contributed by atoms with Crippen molar-refractivity contribution in [2.45, 2.75) is 37.5 Å². The van der Waals surface area contributed by atoms with Crippen LogP contribution in [-0.4, -0.2) is 49.3 Å². The number of piperidine rings is 1. The van der Waals surface area contributed by atoms with Gasteiger partial charge in [0.2, 0.25) is 5.91 Å². The molecular formula is C18H28N2O2S. The number of nitrogens with one attached hydrogen (secondary N) is 1. The highest BCUT2D eigenvalue weighted by Crippen LogP contribution is 2.21. The molecule has 4 nitrogen and oxygen atoms in total. The fourth-order valence-corrected chi connectivity index (χ4v) is 3.44. The molecule has 0 radical (unpaired) electrons. The van der Waals surface area contributed by atoms with Gasteiger partial charge in [0.05, 0.1) is 12.4 Å². The minimum atomic E-state index is 0.113. The zero-order chi connectivity index (χ0) is 16.3. The van der Waals surface area contributed by atoms with Crippen molar-refractivity contribution in [3.05, 3.63) is 24.3 Å². The van der Waals surface area contributed by atoms with E-state index in [1.54, 1.807) is 11.8 Å². The van der Waals surface area contributed by atoms with E-state index >= 15 is 0 Å². The fraction of sp³-hybridized carbons (Fsp3) is 0.611. The highest BCUT2D eigenvalue weighted by molar-refractivity contribution is 8.00. The molecule has 1 amide bonds. The lowest BCUT2D eigenvalue weighted by Crippen LogP contribution is -2.33. The van der Waals surface area contributed by atoms with E-state index in [9.17, 15) is 4.79 Å². The Hall–Kier alpha value is -1.20. The van der Waals surface area contributed by atoms with E-state index in [0.29, 0.717) is 12.4 Å². The molecule has 2 rings (SSSR count). The molecule has 23 heavy (non-hydrogen) atoms. The second-order valence-electron chi connectivity index (χ2n) is 5.80. The molecule has 1 N–H and O–H groups in total. The number of hydrogen-bond acceptors (Lipinski definition) is 4. The summed E-state index contributed by atoms with van der Waals surface area (Å²) in [5, 5.41) is 3.01. The standard InChI is InChI=1S/C18H28N2O2S/c1-2-22-16-7-9-17(10-8-16)23-15-18(21)19-11-6-14-20-12-4-3-5-13-20/h7-10H,2-6,11-15H2,1H3,(H,19,21). The second kappa shape index (κ2) is 10.6. The maximum atomic E-state index is 11.9. The maximum absolute atomic E-state index is 11.9. The molecule has 5 heteroatoms. The number of thioether (sulfide) groups is 1. The highest BCUT2D eigenvalue weighted by Gasteiger charge is 2.09. The van der Waals surface area contributed by atoms with Gasteiger partial charge in [-0.2, -0.15) is 0 Å². The molecule has 0 saturated carbocycles. The van der Waals surface area contributed by atoms with Crippen molar-refractivity contribution in [2.24, 2.45) is 0 Å². The molecule has 0 spiro atoms. The first-order valence-electron chi connectivity index (χ1n) is 8.62. The summed E-state index contributed by atoms with van der Waals surface area (Å²) in [6, 6.07) is 7.89. The molecule has 1 aromatic rings. The fourth-order valence-electron chi connectivity index (χ4n) is 2.71. The van der Waals surface area contributed by atoms with Crippen LogP contribution in [0.3, 0.4) is 0 Å². The highest BCUT2D eigenvalue weighted by atomic mass is 32.2. The number of amides is 1. The molecule has 1 aromatic carbocycles. The third kappa shape index (κ3) is 7.27. The Labute approximate surface area is 144 Å². The van der Waals surface area contributed by atoms with Gasteiger partial charge in [-0.3, -0.25) is 4.79 Å². The summed E-state index contributed by atoms with van der Waals surface area (Å²) >= 11 is 1.56. The zero-order valence-electron chi connectivity index (χ0n) is 14.1. The van der Waals surface area contributed by atoms with E-state index in [1.807, 2.05) is 31.2 Å². The van der Waals surface area contributed by atoms with Gasteiger partial charge in [-0.05, 0) is 70.1 Å². The molecular weight excluding hydrogens is 308 g/mol. The number of nitrogens with zero attached hydrogens (tertiary/aromatic N) is 1. The minimum Gasteiger partial charge on any atom is -0.494 e. The molecule has 0 unspecified atom stereocenters. The van der Waals surface area contributed by atoms with Crippen LogP contribution in [0.4, 0.5) is 0 Å². The Morgan fingerprint density at radius 3 is 2.65 bits per heavy atom. The lowest BCUT2D eigenvalue weighted by Gasteiger charge is -2.26.